The molecule has 7 nitrogen and oxygen atoms in total. The van der Waals surface area contributed by atoms with Gasteiger partial charge in [0.1, 0.15) is 0 Å². The monoisotopic (exact) mass is 423 g/mol. The van der Waals surface area contributed by atoms with Crippen LogP contribution in [-0.2, 0) is 13.0 Å². The standard InChI is InChI=1S/C19H22ClN5O2.ClH/c20-15-10-12(4-5-13(15)19(27)25-8-2-1-3-9-25)22-18(26)17-14-11-21-7-6-16(14)23-24-17;/h4-5,10,21H,1-3,6-9,11H2,(H,22,26)(H,23,24);1H. The van der Waals surface area contributed by atoms with Gasteiger partial charge in [0.2, 0.25) is 0 Å². The number of H-pyrrole nitrogens is 1. The Morgan fingerprint density at radius 3 is 2.71 bits per heavy atom. The number of carbonyl (C=O) groups excluding carboxylic acids is 2. The second-order valence-corrected chi connectivity index (χ2v) is 7.36. The number of benzene rings is 1. The lowest BCUT2D eigenvalue weighted by Crippen LogP contribution is -2.35. The lowest BCUT2D eigenvalue weighted by Gasteiger charge is -2.27. The van der Waals surface area contributed by atoms with Crippen LogP contribution in [0.4, 0.5) is 5.69 Å². The van der Waals surface area contributed by atoms with Gasteiger partial charge in [0.25, 0.3) is 11.8 Å². The molecule has 3 N–H and O–H groups in total. The van der Waals surface area contributed by atoms with Gasteiger partial charge in [0.15, 0.2) is 5.69 Å². The molecular weight excluding hydrogens is 401 g/mol. The van der Waals surface area contributed by atoms with Crippen LogP contribution in [0.15, 0.2) is 18.2 Å². The molecule has 9 heteroatoms. The molecule has 3 heterocycles. The van der Waals surface area contributed by atoms with Crippen molar-refractivity contribution in [2.45, 2.75) is 32.2 Å². The van der Waals surface area contributed by atoms with E-state index in [2.05, 4.69) is 20.8 Å². The summed E-state index contributed by atoms with van der Waals surface area (Å²) in [5.41, 5.74) is 3.31. The van der Waals surface area contributed by atoms with Gasteiger partial charge in [-0.2, -0.15) is 5.10 Å². The van der Waals surface area contributed by atoms with Crippen LogP contribution in [0.25, 0.3) is 0 Å². The average molecular weight is 424 g/mol. The first-order valence-corrected chi connectivity index (χ1v) is 9.68. The van der Waals surface area contributed by atoms with Crippen LogP contribution in [0, 0.1) is 0 Å². The summed E-state index contributed by atoms with van der Waals surface area (Å²) in [6.07, 6.45) is 4.05. The minimum absolute atomic E-state index is 0. The smallest absolute Gasteiger partial charge is 0.276 e. The quantitative estimate of drug-likeness (QED) is 0.707. The minimum atomic E-state index is -0.289. The number of likely N-dealkylation sites (tertiary alicyclic amines) is 1. The molecule has 2 aliphatic rings. The van der Waals surface area contributed by atoms with Crippen LogP contribution in [0.1, 0.15) is 51.4 Å². The predicted octanol–water partition coefficient (Wildman–Crippen LogP) is 3.01. The van der Waals surface area contributed by atoms with Crippen LogP contribution >= 0.6 is 24.0 Å². The topological polar surface area (TPSA) is 90.1 Å². The van der Waals surface area contributed by atoms with E-state index in [1.807, 2.05) is 4.90 Å². The molecule has 0 aliphatic carbocycles. The molecule has 150 valence electrons. The lowest BCUT2D eigenvalue weighted by molar-refractivity contribution is 0.0724. The lowest BCUT2D eigenvalue weighted by atomic mass is 10.1. The van der Waals surface area contributed by atoms with Gasteiger partial charge in [-0.1, -0.05) is 11.6 Å². The first kappa shape index (κ1) is 20.6. The van der Waals surface area contributed by atoms with Crippen molar-refractivity contribution >= 4 is 41.5 Å². The summed E-state index contributed by atoms with van der Waals surface area (Å²) in [5, 5.41) is 13.5. The van der Waals surface area contributed by atoms with Gasteiger partial charge in [-0.15, -0.1) is 12.4 Å². The molecule has 0 saturated carbocycles. The zero-order chi connectivity index (χ0) is 18.8. The zero-order valence-corrected chi connectivity index (χ0v) is 17.0. The van der Waals surface area contributed by atoms with Crippen molar-refractivity contribution < 1.29 is 9.59 Å². The maximum Gasteiger partial charge on any atom is 0.276 e. The molecule has 2 aliphatic heterocycles. The van der Waals surface area contributed by atoms with Crippen LogP contribution in [-0.4, -0.2) is 46.5 Å². The van der Waals surface area contributed by atoms with Crippen LogP contribution in [0.3, 0.4) is 0 Å². The Hall–Kier alpha value is -2.09. The van der Waals surface area contributed by atoms with Gasteiger partial charge in [0, 0.05) is 49.5 Å². The highest BCUT2D eigenvalue weighted by Crippen LogP contribution is 2.25. The third-order valence-corrected chi connectivity index (χ3v) is 5.43. The largest absolute Gasteiger partial charge is 0.339 e. The summed E-state index contributed by atoms with van der Waals surface area (Å²) in [6.45, 7) is 3.04. The van der Waals surface area contributed by atoms with E-state index in [4.69, 9.17) is 11.6 Å². The van der Waals surface area contributed by atoms with Crippen molar-refractivity contribution in [1.29, 1.82) is 0 Å². The van der Waals surface area contributed by atoms with Crippen molar-refractivity contribution in [2.75, 3.05) is 25.0 Å². The number of rotatable bonds is 3. The molecular formula is C19H23Cl2N5O2. The van der Waals surface area contributed by atoms with Crippen molar-refractivity contribution in [3.63, 3.8) is 0 Å². The molecule has 0 radical (unpaired) electrons. The molecule has 1 saturated heterocycles. The van der Waals surface area contributed by atoms with Crippen LogP contribution in [0.5, 0.6) is 0 Å². The Morgan fingerprint density at radius 2 is 1.96 bits per heavy atom. The highest BCUT2D eigenvalue weighted by atomic mass is 35.5. The summed E-state index contributed by atoms with van der Waals surface area (Å²) in [4.78, 5) is 27.1. The number of halogens is 2. The van der Waals surface area contributed by atoms with Crippen molar-refractivity contribution in [2.24, 2.45) is 0 Å². The third kappa shape index (κ3) is 4.16. The zero-order valence-electron chi connectivity index (χ0n) is 15.4. The van der Waals surface area contributed by atoms with Gasteiger partial charge < -0.3 is 15.5 Å². The molecule has 1 aromatic carbocycles. The highest BCUT2D eigenvalue weighted by molar-refractivity contribution is 6.34. The number of hydrogen-bond acceptors (Lipinski definition) is 4. The van der Waals surface area contributed by atoms with Crippen molar-refractivity contribution in [3.05, 3.63) is 45.7 Å². The Bertz CT molecular complexity index is 877. The van der Waals surface area contributed by atoms with E-state index in [0.717, 1.165) is 56.6 Å². The van der Waals surface area contributed by atoms with E-state index in [1.54, 1.807) is 18.2 Å². The van der Waals surface area contributed by atoms with E-state index in [0.29, 0.717) is 28.5 Å². The molecule has 0 bridgehead atoms. The number of piperidine rings is 1. The first-order chi connectivity index (χ1) is 13.1. The second-order valence-electron chi connectivity index (χ2n) is 6.96. The number of anilines is 1. The number of nitrogens with one attached hydrogen (secondary N) is 3. The number of aromatic amines is 1. The van der Waals surface area contributed by atoms with Crippen molar-refractivity contribution in [1.82, 2.24) is 20.4 Å². The fourth-order valence-corrected chi connectivity index (χ4v) is 3.90. The SMILES string of the molecule is Cl.O=C(Nc1ccc(C(=O)N2CCCCC2)c(Cl)c1)c1n[nH]c2c1CNCC2. The third-order valence-electron chi connectivity index (χ3n) is 5.12. The van der Waals surface area contributed by atoms with E-state index in [9.17, 15) is 9.59 Å². The summed E-state index contributed by atoms with van der Waals surface area (Å²) in [7, 11) is 0. The van der Waals surface area contributed by atoms with Gasteiger partial charge >= 0.3 is 0 Å². The average Bonchev–Trinajstić information content (AvgIpc) is 3.12. The van der Waals surface area contributed by atoms with E-state index in [1.165, 1.54) is 0 Å². The number of aromatic nitrogens is 2. The summed E-state index contributed by atoms with van der Waals surface area (Å²) < 4.78 is 0. The molecule has 1 fully saturated rings. The van der Waals surface area contributed by atoms with Gasteiger partial charge in [-0.05, 0) is 37.5 Å². The number of amides is 2. The fourth-order valence-electron chi connectivity index (χ4n) is 3.64. The first-order valence-electron chi connectivity index (χ1n) is 9.30. The maximum atomic E-state index is 12.6. The van der Waals surface area contributed by atoms with Crippen LogP contribution < -0.4 is 10.6 Å². The molecule has 2 amide bonds. The molecule has 4 rings (SSSR count). The number of nitrogens with zero attached hydrogens (tertiary/aromatic N) is 2. The molecule has 28 heavy (non-hydrogen) atoms. The Labute approximate surface area is 174 Å². The highest BCUT2D eigenvalue weighted by Gasteiger charge is 2.23. The number of fused-ring (bicyclic) bond motifs is 1. The van der Waals surface area contributed by atoms with E-state index < -0.39 is 0 Å². The molecule has 2 aromatic rings. The second kappa shape index (κ2) is 8.94. The Kier molecular flexibility index (Phi) is 6.59. The summed E-state index contributed by atoms with van der Waals surface area (Å²) in [6, 6.07) is 5.00. The van der Waals surface area contributed by atoms with Crippen LogP contribution in [0.2, 0.25) is 5.02 Å². The Morgan fingerprint density at radius 1 is 1.18 bits per heavy atom. The maximum absolute atomic E-state index is 12.6. The normalized spacial score (nSPS) is 16.1. The summed E-state index contributed by atoms with van der Waals surface area (Å²) in [5.74, 6) is -0.340. The van der Waals surface area contributed by atoms with E-state index in [-0.39, 0.29) is 24.2 Å². The number of carbonyl (C=O) groups is 2. The van der Waals surface area contributed by atoms with Gasteiger partial charge in [-0.25, -0.2) is 0 Å². The summed E-state index contributed by atoms with van der Waals surface area (Å²) >= 11 is 6.34. The van der Waals surface area contributed by atoms with Crippen molar-refractivity contribution in [3.8, 4) is 0 Å². The van der Waals surface area contributed by atoms with E-state index >= 15 is 0 Å². The Balaban J connectivity index is 0.00000225. The molecule has 0 unspecified atom stereocenters. The number of hydrogen-bond donors (Lipinski definition) is 3. The van der Waals surface area contributed by atoms with Gasteiger partial charge in [0.05, 0.1) is 10.6 Å². The predicted molar refractivity (Wildman–Crippen MR) is 110 cm³/mol. The minimum Gasteiger partial charge on any atom is -0.339 e. The molecule has 1 aromatic heterocycles. The van der Waals surface area contributed by atoms with Gasteiger partial charge in [-0.3, -0.25) is 14.7 Å². The molecule has 0 spiro atoms. The molecule has 0 atom stereocenters. The fraction of sp³-hybridized carbons (Fsp3) is 0.421.